The maximum absolute atomic E-state index is 11.2. The van der Waals surface area contributed by atoms with Crippen molar-refractivity contribution in [3.05, 3.63) is 24.8 Å². The van der Waals surface area contributed by atoms with E-state index in [-0.39, 0.29) is 12.6 Å². The van der Waals surface area contributed by atoms with Gasteiger partial charge in [-0.05, 0) is 0 Å². The molecule has 1 atom stereocenters. The fourth-order valence-electron chi connectivity index (χ4n) is 1.23. The predicted molar refractivity (Wildman–Crippen MR) is 53.2 cm³/mol. The van der Waals surface area contributed by atoms with Gasteiger partial charge >= 0.3 is 12.1 Å². The molecule has 0 unspecified atom stereocenters. The average Bonchev–Trinajstić information content (AvgIpc) is 2.58. The predicted octanol–water partition coefficient (Wildman–Crippen LogP) is 0.722. The molecule has 1 saturated heterocycles. The minimum absolute atomic E-state index is 0.227. The van der Waals surface area contributed by atoms with Gasteiger partial charge in [-0.15, -0.1) is 6.58 Å². The Balaban J connectivity index is 2.61. The van der Waals surface area contributed by atoms with E-state index in [2.05, 4.69) is 11.3 Å². The highest BCUT2D eigenvalue weighted by molar-refractivity contribution is 5.82. The van der Waals surface area contributed by atoms with Crippen LogP contribution in [0.25, 0.3) is 0 Å². The van der Waals surface area contributed by atoms with Crippen molar-refractivity contribution >= 4 is 12.1 Å². The average molecular weight is 211 g/mol. The lowest BCUT2D eigenvalue weighted by Gasteiger charge is -2.15. The highest BCUT2D eigenvalue weighted by Crippen LogP contribution is 2.13. The number of ether oxygens (including phenoxy) is 2. The Morgan fingerprint density at radius 2 is 2.53 bits per heavy atom. The lowest BCUT2D eigenvalue weighted by atomic mass is 10.2. The van der Waals surface area contributed by atoms with Gasteiger partial charge in [-0.1, -0.05) is 12.2 Å². The Morgan fingerprint density at radius 1 is 1.80 bits per heavy atom. The molecule has 1 heterocycles. The van der Waals surface area contributed by atoms with Crippen LogP contribution in [0, 0.1) is 0 Å². The number of carbonyl (C=O) groups is 2. The summed E-state index contributed by atoms with van der Waals surface area (Å²) in [5.41, 5.74) is 0. The van der Waals surface area contributed by atoms with Crippen LogP contribution in [0.2, 0.25) is 0 Å². The normalized spacial score (nSPS) is 20.5. The molecule has 1 aliphatic heterocycles. The van der Waals surface area contributed by atoms with Gasteiger partial charge < -0.3 is 9.47 Å². The first-order chi connectivity index (χ1) is 7.19. The summed E-state index contributed by atoms with van der Waals surface area (Å²) in [6, 6.07) is -0.227. The molecule has 0 aliphatic carbocycles. The van der Waals surface area contributed by atoms with Crippen molar-refractivity contribution in [3.63, 3.8) is 0 Å². The molecular formula is C10H13NO4. The molecular weight excluding hydrogens is 198 g/mol. The molecule has 1 fully saturated rings. The van der Waals surface area contributed by atoms with E-state index in [1.54, 1.807) is 12.2 Å². The third kappa shape index (κ3) is 2.83. The fraction of sp³-hybridized carbons (Fsp3) is 0.400. The highest BCUT2D eigenvalue weighted by Gasteiger charge is 2.29. The first-order valence-electron chi connectivity index (χ1n) is 4.49. The number of hydrogen-bond acceptors (Lipinski definition) is 4. The van der Waals surface area contributed by atoms with Crippen LogP contribution in [0.1, 0.15) is 0 Å². The van der Waals surface area contributed by atoms with Gasteiger partial charge in [0.15, 0.2) is 0 Å². The molecule has 82 valence electrons. The molecule has 1 aliphatic rings. The highest BCUT2D eigenvalue weighted by atomic mass is 16.6. The third-order valence-electron chi connectivity index (χ3n) is 1.99. The number of hydrogen-bond donors (Lipinski definition) is 0. The summed E-state index contributed by atoms with van der Waals surface area (Å²) in [5, 5.41) is 0. The summed E-state index contributed by atoms with van der Waals surface area (Å²) < 4.78 is 9.27. The molecule has 15 heavy (non-hydrogen) atoms. The first-order valence-corrected chi connectivity index (χ1v) is 4.49. The van der Waals surface area contributed by atoms with Crippen LogP contribution in [0.15, 0.2) is 24.8 Å². The number of cyclic esters (lactones) is 1. The lowest BCUT2D eigenvalue weighted by molar-refractivity contribution is -0.134. The van der Waals surface area contributed by atoms with Gasteiger partial charge in [0.2, 0.25) is 0 Å². The fourth-order valence-corrected chi connectivity index (χ4v) is 1.23. The molecule has 0 radical (unpaired) electrons. The van der Waals surface area contributed by atoms with Crippen LogP contribution in [-0.4, -0.2) is 43.3 Å². The zero-order valence-corrected chi connectivity index (χ0v) is 8.51. The van der Waals surface area contributed by atoms with E-state index >= 15 is 0 Å². The van der Waals surface area contributed by atoms with Gasteiger partial charge in [-0.3, -0.25) is 4.90 Å². The minimum atomic E-state index is -0.451. The number of esters is 1. The smallest absolute Gasteiger partial charge is 0.410 e. The van der Waals surface area contributed by atoms with Crippen molar-refractivity contribution in [2.24, 2.45) is 0 Å². The van der Waals surface area contributed by atoms with E-state index in [9.17, 15) is 9.59 Å². The molecule has 0 aromatic heterocycles. The molecule has 1 rings (SSSR count). The van der Waals surface area contributed by atoms with Gasteiger partial charge in [0, 0.05) is 12.6 Å². The van der Waals surface area contributed by atoms with Crippen LogP contribution >= 0.6 is 0 Å². The number of nitrogens with zero attached hydrogens (tertiary/aromatic N) is 1. The van der Waals surface area contributed by atoms with Crippen molar-refractivity contribution in [2.75, 3.05) is 20.3 Å². The summed E-state index contributed by atoms with van der Waals surface area (Å²) in [7, 11) is 1.30. The van der Waals surface area contributed by atoms with Gasteiger partial charge in [-0.2, -0.15) is 0 Å². The lowest BCUT2D eigenvalue weighted by Crippen LogP contribution is -2.32. The van der Waals surface area contributed by atoms with E-state index in [0.717, 1.165) is 0 Å². The maximum Gasteiger partial charge on any atom is 0.410 e. The minimum Gasteiger partial charge on any atom is -0.466 e. The first kappa shape index (κ1) is 11.3. The van der Waals surface area contributed by atoms with Crippen LogP contribution < -0.4 is 0 Å². The van der Waals surface area contributed by atoms with E-state index in [0.29, 0.717) is 6.54 Å². The Bertz CT molecular complexity index is 298. The van der Waals surface area contributed by atoms with Crippen molar-refractivity contribution < 1.29 is 19.1 Å². The van der Waals surface area contributed by atoms with E-state index in [1.807, 2.05) is 0 Å². The molecule has 0 saturated carbocycles. The zero-order valence-electron chi connectivity index (χ0n) is 8.51. The molecule has 0 spiro atoms. The third-order valence-corrected chi connectivity index (χ3v) is 1.99. The van der Waals surface area contributed by atoms with Gasteiger partial charge in [-0.25, -0.2) is 9.59 Å². The molecule has 5 heteroatoms. The van der Waals surface area contributed by atoms with Crippen molar-refractivity contribution in [1.29, 1.82) is 0 Å². The van der Waals surface area contributed by atoms with Crippen LogP contribution in [0.4, 0.5) is 4.79 Å². The standard InChI is InChI=1S/C10H13NO4/c1-3-6-11-8(7-15-10(11)13)4-5-9(12)14-2/h3-5,8H,1,6-7H2,2H3/b5-4+/t8-/m0/s1. The Labute approximate surface area is 87.9 Å². The van der Waals surface area contributed by atoms with Crippen LogP contribution in [0.5, 0.6) is 0 Å². The largest absolute Gasteiger partial charge is 0.466 e. The molecule has 1 amide bonds. The number of methoxy groups -OCH3 is 1. The Morgan fingerprint density at radius 3 is 3.13 bits per heavy atom. The second kappa shape index (κ2) is 5.19. The SMILES string of the molecule is C=CCN1C(=O)OC[C@@H]1/C=C/C(=O)OC. The summed E-state index contributed by atoms with van der Waals surface area (Å²) in [6.45, 7) is 4.19. The van der Waals surface area contributed by atoms with Crippen molar-refractivity contribution in [2.45, 2.75) is 6.04 Å². The molecule has 5 nitrogen and oxygen atoms in total. The molecule has 0 aromatic carbocycles. The summed E-state index contributed by atoms with van der Waals surface area (Å²) in [4.78, 5) is 23.5. The van der Waals surface area contributed by atoms with Gasteiger partial charge in [0.05, 0.1) is 13.2 Å². The zero-order chi connectivity index (χ0) is 11.3. The van der Waals surface area contributed by atoms with E-state index in [4.69, 9.17) is 4.74 Å². The van der Waals surface area contributed by atoms with Crippen LogP contribution in [-0.2, 0) is 14.3 Å². The van der Waals surface area contributed by atoms with Crippen LogP contribution in [0.3, 0.4) is 0 Å². The second-order valence-electron chi connectivity index (χ2n) is 2.97. The van der Waals surface area contributed by atoms with E-state index < -0.39 is 12.1 Å². The van der Waals surface area contributed by atoms with Gasteiger partial charge in [0.25, 0.3) is 0 Å². The molecule has 0 N–H and O–H groups in total. The number of rotatable bonds is 4. The van der Waals surface area contributed by atoms with E-state index in [1.165, 1.54) is 18.1 Å². The second-order valence-corrected chi connectivity index (χ2v) is 2.97. The monoisotopic (exact) mass is 211 g/mol. The number of amides is 1. The topological polar surface area (TPSA) is 55.8 Å². The molecule has 0 bridgehead atoms. The number of carbonyl (C=O) groups excluding carboxylic acids is 2. The van der Waals surface area contributed by atoms with Gasteiger partial charge in [0.1, 0.15) is 6.61 Å². The summed E-state index contributed by atoms with van der Waals surface area (Å²) in [6.07, 6.45) is 4.07. The summed E-state index contributed by atoms with van der Waals surface area (Å²) >= 11 is 0. The maximum atomic E-state index is 11.2. The quantitative estimate of drug-likeness (QED) is 0.390. The molecule has 0 aromatic rings. The van der Waals surface area contributed by atoms with Crippen molar-refractivity contribution in [3.8, 4) is 0 Å². The van der Waals surface area contributed by atoms with Crippen molar-refractivity contribution in [1.82, 2.24) is 4.90 Å². The summed E-state index contributed by atoms with van der Waals surface area (Å²) in [5.74, 6) is -0.451. The Kier molecular flexibility index (Phi) is 3.91. The Hall–Kier alpha value is -1.78.